The number of thiocarbonyl (C=S) groups is 1. The molecule has 0 spiro atoms. The molecule has 9 heteroatoms. The van der Waals surface area contributed by atoms with Crippen molar-refractivity contribution in [1.82, 2.24) is 4.90 Å². The third-order valence-corrected chi connectivity index (χ3v) is 5.64. The molecule has 1 aliphatic rings. The van der Waals surface area contributed by atoms with Crippen LogP contribution in [0.25, 0.3) is 6.08 Å². The number of nitrogens with zero attached hydrogens (tertiary/aromatic N) is 1. The van der Waals surface area contributed by atoms with Gasteiger partial charge in [-0.2, -0.15) is 0 Å². The van der Waals surface area contributed by atoms with Gasteiger partial charge in [-0.15, -0.1) is 0 Å². The molecule has 0 saturated carbocycles. The van der Waals surface area contributed by atoms with E-state index in [0.717, 1.165) is 12.0 Å². The lowest BCUT2D eigenvalue weighted by Crippen LogP contribution is -2.29. The van der Waals surface area contributed by atoms with Crippen LogP contribution in [0.5, 0.6) is 11.5 Å². The number of benzene rings is 1. The predicted molar refractivity (Wildman–Crippen MR) is 115 cm³/mol. The fraction of sp³-hybridized carbons (Fsp3) is 0.421. The van der Waals surface area contributed by atoms with E-state index < -0.39 is 5.97 Å². The van der Waals surface area contributed by atoms with Crippen molar-refractivity contribution in [3.05, 3.63) is 27.6 Å². The molecule has 1 aliphatic heterocycles. The number of halogens is 1. The van der Waals surface area contributed by atoms with Gasteiger partial charge in [0.1, 0.15) is 4.32 Å². The Bertz CT molecular complexity index is 797. The summed E-state index contributed by atoms with van der Waals surface area (Å²) >= 11 is 12.8. The molecular formula is C19H22ClNO5S2. The molecule has 1 aromatic carbocycles. The lowest BCUT2D eigenvalue weighted by Gasteiger charge is -2.14. The number of ether oxygens (including phenoxy) is 2. The smallest absolute Gasteiger partial charge is 0.303 e. The molecule has 0 atom stereocenters. The summed E-state index contributed by atoms with van der Waals surface area (Å²) < 4.78 is 11.3. The maximum Gasteiger partial charge on any atom is 0.303 e. The molecule has 0 aromatic heterocycles. The van der Waals surface area contributed by atoms with Crippen molar-refractivity contribution in [1.29, 1.82) is 0 Å². The first-order valence-electron chi connectivity index (χ1n) is 8.84. The van der Waals surface area contributed by atoms with Gasteiger partial charge in [0.25, 0.3) is 5.91 Å². The molecule has 1 aromatic rings. The molecule has 6 nitrogen and oxygen atoms in total. The minimum atomic E-state index is -0.807. The third-order valence-electron chi connectivity index (χ3n) is 3.98. The first kappa shape index (κ1) is 22.5. The van der Waals surface area contributed by atoms with E-state index >= 15 is 0 Å². The first-order chi connectivity index (χ1) is 13.4. The minimum Gasteiger partial charge on any atom is -0.491 e. The van der Waals surface area contributed by atoms with Gasteiger partial charge in [-0.25, -0.2) is 0 Å². The van der Waals surface area contributed by atoms with E-state index in [9.17, 15) is 9.59 Å². The van der Waals surface area contributed by atoms with Crippen LogP contribution < -0.4 is 9.47 Å². The van der Waals surface area contributed by atoms with E-state index in [1.165, 1.54) is 18.9 Å². The number of hydrogen-bond acceptors (Lipinski definition) is 6. The minimum absolute atomic E-state index is 0.138. The zero-order valence-electron chi connectivity index (χ0n) is 15.7. The quantitative estimate of drug-likeness (QED) is 0.322. The highest BCUT2D eigenvalue weighted by atomic mass is 35.5. The summed E-state index contributed by atoms with van der Waals surface area (Å²) in [5, 5.41) is 9.06. The van der Waals surface area contributed by atoms with Crippen LogP contribution in [0.3, 0.4) is 0 Å². The van der Waals surface area contributed by atoms with Crippen molar-refractivity contribution in [2.45, 2.75) is 32.6 Å². The van der Waals surface area contributed by atoms with E-state index in [0.29, 0.717) is 51.7 Å². The number of methoxy groups -OCH3 is 1. The van der Waals surface area contributed by atoms with Gasteiger partial charge in [0.15, 0.2) is 11.5 Å². The maximum atomic E-state index is 12.7. The Morgan fingerprint density at radius 3 is 2.75 bits per heavy atom. The lowest BCUT2D eigenvalue weighted by atomic mass is 10.1. The number of aliphatic carboxylic acids is 1. The van der Waals surface area contributed by atoms with E-state index in [1.54, 1.807) is 23.1 Å². The number of rotatable bonds is 10. The van der Waals surface area contributed by atoms with Gasteiger partial charge in [-0.1, -0.05) is 42.0 Å². The maximum absolute atomic E-state index is 12.7. The van der Waals surface area contributed by atoms with E-state index in [4.69, 9.17) is 38.4 Å². The molecule has 1 fully saturated rings. The Hall–Kier alpha value is -1.77. The van der Waals surface area contributed by atoms with Crippen molar-refractivity contribution in [3.63, 3.8) is 0 Å². The molecule has 1 N–H and O–H groups in total. The molecule has 0 radical (unpaired) electrons. The normalized spacial score (nSPS) is 15.4. The van der Waals surface area contributed by atoms with Crippen molar-refractivity contribution in [2.75, 3.05) is 20.3 Å². The zero-order chi connectivity index (χ0) is 20.7. The Morgan fingerprint density at radius 1 is 1.36 bits per heavy atom. The highest BCUT2D eigenvalue weighted by molar-refractivity contribution is 8.26. The summed E-state index contributed by atoms with van der Waals surface area (Å²) in [6.45, 7) is 2.80. The van der Waals surface area contributed by atoms with Gasteiger partial charge in [0.2, 0.25) is 0 Å². The molecule has 0 aliphatic carbocycles. The average Bonchev–Trinajstić information content (AvgIpc) is 2.88. The topological polar surface area (TPSA) is 76.1 Å². The summed E-state index contributed by atoms with van der Waals surface area (Å²) in [5.74, 6) is 0.00323. The Morgan fingerprint density at radius 2 is 2.11 bits per heavy atom. The van der Waals surface area contributed by atoms with Gasteiger partial charge in [-0.05, 0) is 43.5 Å². The summed E-state index contributed by atoms with van der Waals surface area (Å²) in [7, 11) is 1.52. The van der Waals surface area contributed by atoms with Gasteiger partial charge in [0.05, 0.1) is 23.6 Å². The van der Waals surface area contributed by atoms with Crippen molar-refractivity contribution in [2.24, 2.45) is 0 Å². The average molecular weight is 444 g/mol. The number of carboxylic acids is 1. The van der Waals surface area contributed by atoms with E-state index in [1.807, 2.05) is 6.92 Å². The number of unbranched alkanes of at least 4 members (excludes halogenated alkanes) is 2. The number of carboxylic acid groups (broad SMARTS) is 1. The number of hydrogen-bond donors (Lipinski definition) is 1. The standard InChI is InChI=1S/C19H22ClNO5S2/c1-3-26-14-10-12(9-13(20)17(14)25-2)11-15-18(24)21(19(27)28-15)8-6-4-5-7-16(22)23/h9-11H,3-8H2,1-2H3,(H,22,23)/b15-11-. The third kappa shape index (κ3) is 5.86. The fourth-order valence-corrected chi connectivity index (χ4v) is 4.30. The molecule has 1 heterocycles. The number of carbonyl (C=O) groups excluding carboxylic acids is 1. The van der Waals surface area contributed by atoms with Gasteiger partial charge < -0.3 is 14.6 Å². The largest absolute Gasteiger partial charge is 0.491 e. The Labute approximate surface area is 178 Å². The molecule has 0 unspecified atom stereocenters. The summed E-state index contributed by atoms with van der Waals surface area (Å²) in [5.41, 5.74) is 0.719. The second-order valence-corrected chi connectivity index (χ2v) is 8.09. The number of amides is 1. The Kier molecular flexibility index (Phi) is 8.59. The highest BCUT2D eigenvalue weighted by Crippen LogP contribution is 2.39. The molecule has 28 heavy (non-hydrogen) atoms. The SMILES string of the molecule is CCOc1cc(/C=C2\SC(=S)N(CCCCCC(=O)O)C2=O)cc(Cl)c1OC. The summed E-state index contributed by atoms with van der Waals surface area (Å²) in [6.07, 6.45) is 3.89. The summed E-state index contributed by atoms with van der Waals surface area (Å²) in [6, 6.07) is 3.48. The van der Waals surface area contributed by atoms with Crippen molar-refractivity contribution >= 4 is 57.9 Å². The molecule has 152 valence electrons. The van der Waals surface area contributed by atoms with Crippen LogP contribution in [0.1, 0.15) is 38.2 Å². The second-order valence-electron chi connectivity index (χ2n) is 6.00. The molecular weight excluding hydrogens is 422 g/mol. The molecule has 1 amide bonds. The van der Waals surface area contributed by atoms with Crippen LogP contribution >= 0.6 is 35.6 Å². The Balaban J connectivity index is 2.09. The van der Waals surface area contributed by atoms with Gasteiger partial charge in [0, 0.05) is 13.0 Å². The second kappa shape index (κ2) is 10.7. The molecule has 2 rings (SSSR count). The molecule has 0 bridgehead atoms. The predicted octanol–water partition coefficient (Wildman–Crippen LogP) is 4.59. The van der Waals surface area contributed by atoms with Crippen molar-refractivity contribution in [3.8, 4) is 11.5 Å². The van der Waals surface area contributed by atoms with Crippen molar-refractivity contribution < 1.29 is 24.2 Å². The van der Waals surface area contributed by atoms with Crippen LogP contribution in [0.4, 0.5) is 0 Å². The van der Waals surface area contributed by atoms with E-state index in [2.05, 4.69) is 0 Å². The number of thioether (sulfide) groups is 1. The van der Waals surface area contributed by atoms with Gasteiger partial charge >= 0.3 is 5.97 Å². The molecule has 1 saturated heterocycles. The lowest BCUT2D eigenvalue weighted by molar-refractivity contribution is -0.137. The van der Waals surface area contributed by atoms with Crippen LogP contribution in [0.2, 0.25) is 5.02 Å². The fourth-order valence-electron chi connectivity index (χ4n) is 2.70. The van der Waals surface area contributed by atoms with Crippen LogP contribution in [-0.4, -0.2) is 46.5 Å². The van der Waals surface area contributed by atoms with Crippen LogP contribution in [-0.2, 0) is 9.59 Å². The monoisotopic (exact) mass is 443 g/mol. The summed E-state index contributed by atoms with van der Waals surface area (Å²) in [4.78, 5) is 25.3. The zero-order valence-corrected chi connectivity index (χ0v) is 18.1. The highest BCUT2D eigenvalue weighted by Gasteiger charge is 2.31. The van der Waals surface area contributed by atoms with Crippen LogP contribution in [0, 0.1) is 0 Å². The number of carbonyl (C=O) groups is 2. The first-order valence-corrected chi connectivity index (χ1v) is 10.4. The van der Waals surface area contributed by atoms with E-state index in [-0.39, 0.29) is 12.3 Å². The van der Waals surface area contributed by atoms with Gasteiger partial charge in [-0.3, -0.25) is 14.5 Å². The van der Waals surface area contributed by atoms with Crippen LogP contribution in [0.15, 0.2) is 17.0 Å².